The molecule has 0 aliphatic carbocycles. The van der Waals surface area contributed by atoms with Gasteiger partial charge in [-0.05, 0) is 30.7 Å². The first-order valence-electron chi connectivity index (χ1n) is 5.98. The summed E-state index contributed by atoms with van der Waals surface area (Å²) in [5.74, 6) is -0.757. The van der Waals surface area contributed by atoms with Gasteiger partial charge in [0, 0.05) is 5.56 Å². The van der Waals surface area contributed by atoms with Crippen LogP contribution in [0, 0.1) is 12.7 Å². The van der Waals surface area contributed by atoms with Crippen LogP contribution >= 0.6 is 0 Å². The number of benzene rings is 2. The fourth-order valence-corrected chi connectivity index (χ4v) is 2.14. The molecule has 1 unspecified atom stereocenters. The van der Waals surface area contributed by atoms with Crippen LogP contribution in [0.3, 0.4) is 0 Å². The Labute approximate surface area is 110 Å². The number of ether oxygens (including phenoxy) is 1. The number of aryl methyl sites for hydroxylation is 1. The van der Waals surface area contributed by atoms with Gasteiger partial charge in [0.1, 0.15) is 5.82 Å². The zero-order valence-corrected chi connectivity index (χ0v) is 10.3. The molecule has 0 saturated heterocycles. The monoisotopic (exact) mass is 257 g/mol. The maximum atomic E-state index is 13.7. The fraction of sp³-hybridized carbons (Fsp3) is 0.133. The number of hydrogen-bond donors (Lipinski definition) is 1. The number of carbonyl (C=O) groups is 1. The van der Waals surface area contributed by atoms with Crippen LogP contribution in [-0.4, -0.2) is 5.97 Å². The van der Waals surface area contributed by atoms with Crippen molar-refractivity contribution in [3.8, 4) is 0 Å². The molecule has 2 aromatic rings. The van der Waals surface area contributed by atoms with E-state index in [9.17, 15) is 9.18 Å². The number of cyclic esters (lactones) is 1. The lowest BCUT2D eigenvalue weighted by Crippen LogP contribution is -2.11. The molecule has 1 N–H and O–H groups in total. The molecule has 0 spiro atoms. The van der Waals surface area contributed by atoms with E-state index in [1.165, 1.54) is 6.07 Å². The van der Waals surface area contributed by atoms with Crippen molar-refractivity contribution in [2.24, 2.45) is 0 Å². The SMILES string of the molecule is Cc1ccc(F)c(NC2OC(=O)c3ccccc32)c1. The number of hydrogen-bond acceptors (Lipinski definition) is 3. The number of rotatable bonds is 2. The molecule has 96 valence electrons. The predicted octanol–water partition coefficient (Wildman–Crippen LogP) is 3.42. The van der Waals surface area contributed by atoms with Gasteiger partial charge in [-0.2, -0.15) is 0 Å². The molecule has 0 fully saturated rings. The third kappa shape index (κ3) is 2.05. The van der Waals surface area contributed by atoms with Crippen molar-refractivity contribution < 1.29 is 13.9 Å². The Morgan fingerprint density at radius 3 is 2.84 bits per heavy atom. The molecule has 0 radical (unpaired) electrons. The molecule has 1 atom stereocenters. The second-order valence-electron chi connectivity index (χ2n) is 4.50. The van der Waals surface area contributed by atoms with Crippen LogP contribution in [0.4, 0.5) is 10.1 Å². The molecule has 0 aromatic heterocycles. The van der Waals surface area contributed by atoms with Gasteiger partial charge in [0.15, 0.2) is 0 Å². The first-order valence-corrected chi connectivity index (χ1v) is 5.98. The summed E-state index contributed by atoms with van der Waals surface area (Å²) in [5, 5.41) is 2.92. The largest absolute Gasteiger partial charge is 0.434 e. The molecule has 1 aliphatic rings. The standard InChI is InChI=1S/C15H12FNO2/c1-9-6-7-12(16)13(8-9)17-14-10-4-2-3-5-11(10)15(18)19-14/h2-8,14,17H,1H3. The van der Waals surface area contributed by atoms with Gasteiger partial charge >= 0.3 is 5.97 Å². The van der Waals surface area contributed by atoms with Crippen LogP contribution in [-0.2, 0) is 4.74 Å². The second-order valence-corrected chi connectivity index (χ2v) is 4.50. The van der Waals surface area contributed by atoms with Gasteiger partial charge in [-0.3, -0.25) is 0 Å². The van der Waals surface area contributed by atoms with Gasteiger partial charge in [-0.25, -0.2) is 9.18 Å². The zero-order chi connectivity index (χ0) is 13.4. The van der Waals surface area contributed by atoms with Crippen molar-refractivity contribution in [2.75, 3.05) is 5.32 Å². The van der Waals surface area contributed by atoms with Crippen LogP contribution in [0.25, 0.3) is 0 Å². The number of nitrogens with one attached hydrogen (secondary N) is 1. The Kier molecular flexibility index (Phi) is 2.71. The maximum Gasteiger partial charge on any atom is 0.340 e. The van der Waals surface area contributed by atoms with E-state index in [0.717, 1.165) is 11.1 Å². The average Bonchev–Trinajstić information content (AvgIpc) is 2.72. The highest BCUT2D eigenvalue weighted by Crippen LogP contribution is 2.32. The molecule has 4 heteroatoms. The minimum absolute atomic E-state index is 0.328. The van der Waals surface area contributed by atoms with Crippen molar-refractivity contribution in [3.05, 3.63) is 65.0 Å². The Morgan fingerprint density at radius 2 is 2.00 bits per heavy atom. The van der Waals surface area contributed by atoms with Gasteiger partial charge in [0.2, 0.25) is 6.23 Å². The van der Waals surface area contributed by atoms with E-state index < -0.39 is 6.23 Å². The van der Waals surface area contributed by atoms with Crippen LogP contribution in [0.5, 0.6) is 0 Å². The molecular formula is C15H12FNO2. The number of anilines is 1. The Hall–Kier alpha value is -2.36. The predicted molar refractivity (Wildman–Crippen MR) is 69.4 cm³/mol. The maximum absolute atomic E-state index is 13.7. The van der Waals surface area contributed by atoms with Crippen molar-refractivity contribution >= 4 is 11.7 Å². The van der Waals surface area contributed by atoms with E-state index in [4.69, 9.17) is 4.74 Å². The molecule has 0 bridgehead atoms. The minimum atomic E-state index is -0.639. The van der Waals surface area contributed by atoms with Crippen molar-refractivity contribution in [1.82, 2.24) is 0 Å². The normalized spacial score (nSPS) is 16.9. The first-order chi connectivity index (χ1) is 9.15. The highest BCUT2D eigenvalue weighted by Gasteiger charge is 2.30. The zero-order valence-electron chi connectivity index (χ0n) is 10.3. The molecule has 3 rings (SSSR count). The highest BCUT2D eigenvalue weighted by atomic mass is 19.1. The fourth-order valence-electron chi connectivity index (χ4n) is 2.14. The molecule has 19 heavy (non-hydrogen) atoms. The summed E-state index contributed by atoms with van der Waals surface area (Å²) in [6.07, 6.45) is -0.639. The minimum Gasteiger partial charge on any atom is -0.434 e. The van der Waals surface area contributed by atoms with Crippen molar-refractivity contribution in [2.45, 2.75) is 13.2 Å². The summed E-state index contributed by atoms with van der Waals surface area (Å²) in [7, 11) is 0. The van der Waals surface area contributed by atoms with Crippen LogP contribution in [0.15, 0.2) is 42.5 Å². The van der Waals surface area contributed by atoms with Gasteiger partial charge < -0.3 is 10.1 Å². The topological polar surface area (TPSA) is 38.3 Å². The van der Waals surface area contributed by atoms with E-state index in [1.54, 1.807) is 30.3 Å². The molecule has 0 saturated carbocycles. The van der Waals surface area contributed by atoms with Crippen LogP contribution in [0.1, 0.15) is 27.7 Å². The van der Waals surface area contributed by atoms with E-state index in [2.05, 4.69) is 5.32 Å². The average molecular weight is 257 g/mol. The third-order valence-corrected chi connectivity index (χ3v) is 3.10. The molecule has 1 heterocycles. The summed E-state index contributed by atoms with van der Waals surface area (Å²) in [5.41, 5.74) is 2.51. The Balaban J connectivity index is 1.93. The van der Waals surface area contributed by atoms with Crippen molar-refractivity contribution in [1.29, 1.82) is 0 Å². The van der Waals surface area contributed by atoms with E-state index in [1.807, 2.05) is 13.0 Å². The molecule has 1 aliphatic heterocycles. The molecule has 2 aromatic carbocycles. The lowest BCUT2D eigenvalue weighted by molar-refractivity contribution is 0.0436. The van der Waals surface area contributed by atoms with E-state index in [0.29, 0.717) is 11.3 Å². The van der Waals surface area contributed by atoms with Crippen LogP contribution in [0.2, 0.25) is 0 Å². The summed E-state index contributed by atoms with van der Waals surface area (Å²) in [6.45, 7) is 1.87. The Morgan fingerprint density at radius 1 is 1.21 bits per heavy atom. The van der Waals surface area contributed by atoms with E-state index in [-0.39, 0.29) is 11.8 Å². The van der Waals surface area contributed by atoms with Gasteiger partial charge in [0.25, 0.3) is 0 Å². The smallest absolute Gasteiger partial charge is 0.340 e. The summed E-state index contributed by atoms with van der Waals surface area (Å²) in [6, 6.07) is 11.9. The number of carbonyl (C=O) groups excluding carboxylic acids is 1. The highest BCUT2D eigenvalue weighted by molar-refractivity contribution is 5.94. The van der Waals surface area contributed by atoms with Gasteiger partial charge in [-0.1, -0.05) is 24.3 Å². The van der Waals surface area contributed by atoms with Crippen LogP contribution < -0.4 is 5.32 Å². The molecular weight excluding hydrogens is 245 g/mol. The Bertz CT molecular complexity index is 654. The third-order valence-electron chi connectivity index (χ3n) is 3.10. The lowest BCUT2D eigenvalue weighted by atomic mass is 10.1. The van der Waals surface area contributed by atoms with Gasteiger partial charge in [-0.15, -0.1) is 0 Å². The summed E-state index contributed by atoms with van der Waals surface area (Å²) in [4.78, 5) is 11.7. The molecule has 3 nitrogen and oxygen atoms in total. The summed E-state index contributed by atoms with van der Waals surface area (Å²) < 4.78 is 18.9. The quantitative estimate of drug-likeness (QED) is 0.838. The first kappa shape index (κ1) is 11.7. The van der Waals surface area contributed by atoms with Crippen molar-refractivity contribution in [3.63, 3.8) is 0 Å². The van der Waals surface area contributed by atoms with E-state index >= 15 is 0 Å². The second kappa shape index (κ2) is 4.39. The van der Waals surface area contributed by atoms with Gasteiger partial charge in [0.05, 0.1) is 11.3 Å². The lowest BCUT2D eigenvalue weighted by Gasteiger charge is -2.15. The number of fused-ring (bicyclic) bond motifs is 1. The number of esters is 1. The number of halogens is 1. The summed E-state index contributed by atoms with van der Waals surface area (Å²) >= 11 is 0. The molecule has 0 amide bonds.